The summed E-state index contributed by atoms with van der Waals surface area (Å²) in [5.74, 6) is -4.58. The van der Waals surface area contributed by atoms with Crippen LogP contribution in [0.2, 0.25) is 0 Å². The van der Waals surface area contributed by atoms with Crippen LogP contribution in [-0.2, 0) is 0 Å². The highest BCUT2D eigenvalue weighted by Crippen LogP contribution is 2.21. The summed E-state index contributed by atoms with van der Waals surface area (Å²) in [4.78, 5) is 13.7. The molecule has 1 N–H and O–H groups in total. The van der Waals surface area contributed by atoms with Gasteiger partial charge in [-0.15, -0.1) is 0 Å². The Morgan fingerprint density at radius 3 is 2.80 bits per heavy atom. The summed E-state index contributed by atoms with van der Waals surface area (Å²) in [6.45, 7) is 1.78. The van der Waals surface area contributed by atoms with Gasteiger partial charge in [0.15, 0.2) is 17.5 Å². The molecular weight excluding hydrogens is 269 g/mol. The first kappa shape index (κ1) is 14.8. The zero-order valence-corrected chi connectivity index (χ0v) is 11.3. The first-order valence-corrected chi connectivity index (χ1v) is 6.62. The van der Waals surface area contributed by atoms with E-state index in [4.69, 9.17) is 0 Å². The fourth-order valence-electron chi connectivity index (χ4n) is 2.57. The second-order valence-electron chi connectivity index (χ2n) is 5.04. The Morgan fingerprint density at radius 1 is 1.35 bits per heavy atom. The van der Waals surface area contributed by atoms with Crippen LogP contribution in [0.15, 0.2) is 12.1 Å². The normalized spacial score (nSPS) is 19.2. The molecule has 2 rings (SSSR count). The topological polar surface area (TPSA) is 32.3 Å². The minimum atomic E-state index is -1.60. The molecule has 1 aliphatic heterocycles. The zero-order valence-electron chi connectivity index (χ0n) is 11.3. The molecular formula is C14H17F3N2O. The Balaban J connectivity index is 2.17. The van der Waals surface area contributed by atoms with E-state index in [9.17, 15) is 18.0 Å². The van der Waals surface area contributed by atoms with Crippen molar-refractivity contribution < 1.29 is 18.0 Å². The molecule has 6 heteroatoms. The van der Waals surface area contributed by atoms with E-state index in [1.807, 2.05) is 7.05 Å². The average molecular weight is 286 g/mol. The standard InChI is InChI=1S/C14H17F3N2O/c1-18-7-9-3-2-6-19(8-9)14(20)10-4-5-11(15)13(17)12(10)16/h4-5,9,18H,2-3,6-8H2,1H3. The van der Waals surface area contributed by atoms with E-state index in [0.29, 0.717) is 19.0 Å². The summed E-state index contributed by atoms with van der Waals surface area (Å²) >= 11 is 0. The van der Waals surface area contributed by atoms with E-state index >= 15 is 0 Å². The molecule has 1 fully saturated rings. The third kappa shape index (κ3) is 2.95. The van der Waals surface area contributed by atoms with E-state index in [1.165, 1.54) is 4.90 Å². The third-order valence-corrected chi connectivity index (χ3v) is 3.56. The van der Waals surface area contributed by atoms with Gasteiger partial charge in [0.2, 0.25) is 0 Å². The maximum Gasteiger partial charge on any atom is 0.256 e. The van der Waals surface area contributed by atoms with Crippen LogP contribution in [0.4, 0.5) is 13.2 Å². The first-order valence-electron chi connectivity index (χ1n) is 6.62. The van der Waals surface area contributed by atoms with Crippen LogP contribution in [0.1, 0.15) is 23.2 Å². The van der Waals surface area contributed by atoms with Gasteiger partial charge in [0, 0.05) is 13.1 Å². The molecule has 0 radical (unpaired) electrons. The Morgan fingerprint density at radius 2 is 2.10 bits per heavy atom. The number of likely N-dealkylation sites (tertiary alicyclic amines) is 1. The fraction of sp³-hybridized carbons (Fsp3) is 0.500. The van der Waals surface area contributed by atoms with Crippen molar-refractivity contribution in [1.82, 2.24) is 10.2 Å². The SMILES string of the molecule is CNCC1CCCN(C(=O)c2ccc(F)c(F)c2F)C1. The van der Waals surface area contributed by atoms with Crippen LogP contribution >= 0.6 is 0 Å². The lowest BCUT2D eigenvalue weighted by Gasteiger charge is -2.32. The number of piperidine rings is 1. The molecule has 0 aromatic heterocycles. The number of halogens is 3. The summed E-state index contributed by atoms with van der Waals surface area (Å²) in [7, 11) is 1.83. The molecule has 3 nitrogen and oxygen atoms in total. The van der Waals surface area contributed by atoms with Crippen LogP contribution in [0.3, 0.4) is 0 Å². The Hall–Kier alpha value is -1.56. The van der Waals surface area contributed by atoms with Crippen molar-refractivity contribution in [3.63, 3.8) is 0 Å². The molecule has 0 saturated carbocycles. The Bertz CT molecular complexity index is 505. The van der Waals surface area contributed by atoms with Gasteiger partial charge in [0.25, 0.3) is 5.91 Å². The lowest BCUT2D eigenvalue weighted by atomic mass is 9.97. The van der Waals surface area contributed by atoms with E-state index in [1.54, 1.807) is 0 Å². The van der Waals surface area contributed by atoms with Gasteiger partial charge in [0.1, 0.15) is 0 Å². The average Bonchev–Trinajstić information content (AvgIpc) is 2.45. The Kier molecular flexibility index (Phi) is 4.65. The molecule has 1 aliphatic rings. The van der Waals surface area contributed by atoms with Crippen molar-refractivity contribution in [2.75, 3.05) is 26.7 Å². The van der Waals surface area contributed by atoms with Gasteiger partial charge >= 0.3 is 0 Å². The number of hydrogen-bond acceptors (Lipinski definition) is 2. The summed E-state index contributed by atoms with van der Waals surface area (Å²) < 4.78 is 39.7. The number of benzene rings is 1. The molecule has 1 saturated heterocycles. The number of carbonyl (C=O) groups is 1. The van der Waals surface area contributed by atoms with Crippen LogP contribution in [0.25, 0.3) is 0 Å². The molecule has 1 aromatic rings. The van der Waals surface area contributed by atoms with E-state index in [2.05, 4.69) is 5.32 Å². The Labute approximate surface area is 115 Å². The number of hydrogen-bond donors (Lipinski definition) is 1. The summed E-state index contributed by atoms with van der Waals surface area (Å²) in [5, 5.41) is 3.04. The van der Waals surface area contributed by atoms with Gasteiger partial charge in [-0.3, -0.25) is 4.79 Å². The molecule has 1 heterocycles. The van der Waals surface area contributed by atoms with Gasteiger partial charge in [-0.05, 0) is 44.5 Å². The maximum atomic E-state index is 13.6. The smallest absolute Gasteiger partial charge is 0.256 e. The molecule has 1 aromatic carbocycles. The van der Waals surface area contributed by atoms with Crippen molar-refractivity contribution in [2.24, 2.45) is 5.92 Å². The van der Waals surface area contributed by atoms with Gasteiger partial charge in [-0.2, -0.15) is 0 Å². The number of nitrogens with one attached hydrogen (secondary N) is 1. The third-order valence-electron chi connectivity index (χ3n) is 3.56. The van der Waals surface area contributed by atoms with E-state index in [-0.39, 0.29) is 0 Å². The monoisotopic (exact) mass is 286 g/mol. The highest BCUT2D eigenvalue weighted by Gasteiger charge is 2.27. The lowest BCUT2D eigenvalue weighted by molar-refractivity contribution is 0.0668. The molecule has 0 aliphatic carbocycles. The molecule has 1 amide bonds. The van der Waals surface area contributed by atoms with E-state index < -0.39 is 28.9 Å². The van der Waals surface area contributed by atoms with Gasteiger partial charge in [-0.25, -0.2) is 13.2 Å². The minimum absolute atomic E-state index is 0.297. The largest absolute Gasteiger partial charge is 0.338 e. The van der Waals surface area contributed by atoms with Crippen LogP contribution in [0, 0.1) is 23.4 Å². The summed E-state index contributed by atoms with van der Waals surface area (Å²) in [6.07, 6.45) is 1.81. The maximum absolute atomic E-state index is 13.6. The molecule has 1 unspecified atom stereocenters. The lowest BCUT2D eigenvalue weighted by Crippen LogP contribution is -2.42. The highest BCUT2D eigenvalue weighted by molar-refractivity contribution is 5.94. The summed E-state index contributed by atoms with van der Waals surface area (Å²) in [5.41, 5.74) is -0.408. The first-order chi connectivity index (χ1) is 9.54. The van der Waals surface area contributed by atoms with Crippen LogP contribution in [0.5, 0.6) is 0 Å². The van der Waals surface area contributed by atoms with E-state index in [0.717, 1.165) is 31.5 Å². The van der Waals surface area contributed by atoms with Gasteiger partial charge < -0.3 is 10.2 Å². The van der Waals surface area contributed by atoms with Crippen molar-refractivity contribution >= 4 is 5.91 Å². The van der Waals surface area contributed by atoms with Crippen molar-refractivity contribution in [3.05, 3.63) is 35.1 Å². The predicted octanol–water partition coefficient (Wildman–Crippen LogP) is 2.18. The zero-order chi connectivity index (χ0) is 14.7. The molecule has 110 valence electrons. The summed E-state index contributed by atoms with van der Waals surface area (Å²) in [6, 6.07) is 1.78. The minimum Gasteiger partial charge on any atom is -0.338 e. The number of rotatable bonds is 3. The molecule has 1 atom stereocenters. The predicted molar refractivity (Wildman–Crippen MR) is 68.9 cm³/mol. The second-order valence-corrected chi connectivity index (χ2v) is 5.04. The van der Waals surface area contributed by atoms with Gasteiger partial charge in [-0.1, -0.05) is 0 Å². The second kappa shape index (κ2) is 6.26. The van der Waals surface area contributed by atoms with Crippen molar-refractivity contribution in [3.8, 4) is 0 Å². The van der Waals surface area contributed by atoms with Crippen LogP contribution < -0.4 is 5.32 Å². The number of amides is 1. The highest BCUT2D eigenvalue weighted by atomic mass is 19.2. The fourth-order valence-corrected chi connectivity index (χ4v) is 2.57. The molecule has 0 bridgehead atoms. The molecule has 0 spiro atoms. The molecule has 20 heavy (non-hydrogen) atoms. The number of nitrogens with zero attached hydrogens (tertiary/aromatic N) is 1. The van der Waals surface area contributed by atoms with Crippen LogP contribution in [-0.4, -0.2) is 37.5 Å². The van der Waals surface area contributed by atoms with Crippen molar-refractivity contribution in [2.45, 2.75) is 12.8 Å². The van der Waals surface area contributed by atoms with Gasteiger partial charge in [0.05, 0.1) is 5.56 Å². The number of carbonyl (C=O) groups excluding carboxylic acids is 1. The van der Waals surface area contributed by atoms with Crippen molar-refractivity contribution in [1.29, 1.82) is 0 Å². The quantitative estimate of drug-likeness (QED) is 0.864.